The minimum Gasteiger partial charge on any atom is -0.493 e. The smallest absolute Gasteiger partial charge is 0.127 e. The van der Waals surface area contributed by atoms with Crippen LogP contribution in [0.25, 0.3) is 0 Å². The number of benzene rings is 1. The molecule has 0 atom stereocenters. The Kier molecular flexibility index (Phi) is 6.66. The lowest BCUT2D eigenvalue weighted by molar-refractivity contribution is 0.316. The van der Waals surface area contributed by atoms with Crippen LogP contribution in [0.3, 0.4) is 0 Å². The Morgan fingerprint density at radius 1 is 1.26 bits per heavy atom. The van der Waals surface area contributed by atoms with Gasteiger partial charge in [-0.05, 0) is 56.9 Å². The Morgan fingerprint density at radius 3 is 2.63 bits per heavy atom. The van der Waals surface area contributed by atoms with Crippen LogP contribution in [0.5, 0.6) is 5.75 Å². The maximum absolute atomic E-state index is 13.5. The third-order valence-electron chi connectivity index (χ3n) is 2.52. The molecule has 0 aliphatic carbocycles. The van der Waals surface area contributed by atoms with Crippen molar-refractivity contribution in [2.45, 2.75) is 39.3 Å². The first-order valence-corrected chi connectivity index (χ1v) is 7.96. The fourth-order valence-electron chi connectivity index (χ4n) is 1.57. The first kappa shape index (κ1) is 16.3. The fraction of sp³-hybridized carbons (Fsp3) is 0.600. The lowest BCUT2D eigenvalue weighted by Gasteiger charge is -2.20. The van der Waals surface area contributed by atoms with Crippen molar-refractivity contribution in [1.29, 1.82) is 0 Å². The van der Waals surface area contributed by atoms with Crippen LogP contribution >= 0.6 is 11.8 Å². The van der Waals surface area contributed by atoms with Crippen molar-refractivity contribution >= 4 is 11.8 Å². The van der Waals surface area contributed by atoms with Crippen LogP contribution in [0.15, 0.2) is 18.2 Å². The van der Waals surface area contributed by atoms with Crippen LogP contribution in [-0.2, 0) is 6.54 Å². The van der Waals surface area contributed by atoms with Crippen LogP contribution < -0.4 is 10.1 Å². The standard InChI is InChI=1S/C15H24FNOS/c1-15(2,3)17-11-12-8-13(16)10-14(9-12)18-6-5-7-19-4/h8-10,17H,5-7,11H2,1-4H3. The van der Waals surface area contributed by atoms with E-state index in [1.807, 2.05) is 6.07 Å². The molecule has 19 heavy (non-hydrogen) atoms. The predicted molar refractivity (Wildman–Crippen MR) is 81.5 cm³/mol. The monoisotopic (exact) mass is 285 g/mol. The zero-order valence-corrected chi connectivity index (χ0v) is 13.1. The normalized spacial score (nSPS) is 11.6. The quantitative estimate of drug-likeness (QED) is 0.769. The Balaban J connectivity index is 2.56. The van der Waals surface area contributed by atoms with Gasteiger partial charge in [-0.1, -0.05) is 0 Å². The molecule has 108 valence electrons. The third-order valence-corrected chi connectivity index (χ3v) is 3.21. The molecule has 1 aromatic carbocycles. The Bertz CT molecular complexity index is 390. The van der Waals surface area contributed by atoms with Gasteiger partial charge in [0.25, 0.3) is 0 Å². The second kappa shape index (κ2) is 7.75. The van der Waals surface area contributed by atoms with Crippen molar-refractivity contribution < 1.29 is 9.13 Å². The first-order chi connectivity index (χ1) is 8.90. The third kappa shape index (κ3) is 7.43. The number of halogens is 1. The summed E-state index contributed by atoms with van der Waals surface area (Å²) in [7, 11) is 0. The van der Waals surface area contributed by atoms with Crippen LogP contribution in [0.4, 0.5) is 4.39 Å². The summed E-state index contributed by atoms with van der Waals surface area (Å²) in [5, 5.41) is 3.34. The van der Waals surface area contributed by atoms with Crippen LogP contribution in [0.1, 0.15) is 32.8 Å². The van der Waals surface area contributed by atoms with E-state index in [4.69, 9.17) is 4.74 Å². The lowest BCUT2D eigenvalue weighted by atomic mass is 10.1. The van der Waals surface area contributed by atoms with Gasteiger partial charge >= 0.3 is 0 Å². The zero-order chi connectivity index (χ0) is 14.3. The number of rotatable bonds is 7. The Hall–Kier alpha value is -0.740. The van der Waals surface area contributed by atoms with E-state index in [1.165, 1.54) is 6.07 Å². The molecule has 0 heterocycles. The molecule has 1 N–H and O–H groups in total. The first-order valence-electron chi connectivity index (χ1n) is 6.57. The summed E-state index contributed by atoms with van der Waals surface area (Å²) in [4.78, 5) is 0. The van der Waals surface area contributed by atoms with E-state index >= 15 is 0 Å². The molecule has 0 aliphatic rings. The number of ether oxygens (including phenoxy) is 1. The summed E-state index contributed by atoms with van der Waals surface area (Å²) in [6.45, 7) is 7.54. The highest BCUT2D eigenvalue weighted by Gasteiger charge is 2.09. The minimum atomic E-state index is -0.243. The fourth-order valence-corrected chi connectivity index (χ4v) is 1.97. The Morgan fingerprint density at radius 2 is 2.00 bits per heavy atom. The van der Waals surface area contributed by atoms with Gasteiger partial charge in [0.1, 0.15) is 11.6 Å². The molecular formula is C15H24FNOS. The highest BCUT2D eigenvalue weighted by molar-refractivity contribution is 7.98. The van der Waals surface area contributed by atoms with E-state index < -0.39 is 0 Å². The molecule has 0 aliphatic heterocycles. The number of nitrogens with one attached hydrogen (secondary N) is 1. The number of hydrogen-bond acceptors (Lipinski definition) is 3. The predicted octanol–water partition coefficient (Wildman–Crippen LogP) is 3.85. The van der Waals surface area contributed by atoms with E-state index in [9.17, 15) is 4.39 Å². The molecule has 0 unspecified atom stereocenters. The van der Waals surface area contributed by atoms with E-state index in [2.05, 4.69) is 32.3 Å². The molecule has 1 aromatic rings. The van der Waals surface area contributed by atoms with Gasteiger partial charge in [0, 0.05) is 18.2 Å². The van der Waals surface area contributed by atoms with E-state index in [-0.39, 0.29) is 11.4 Å². The second-order valence-corrected chi connectivity index (χ2v) is 6.58. The maximum atomic E-state index is 13.5. The SMILES string of the molecule is CSCCCOc1cc(F)cc(CNC(C)(C)C)c1. The molecule has 0 fully saturated rings. The van der Waals surface area contributed by atoms with Crippen molar-refractivity contribution in [3.8, 4) is 5.75 Å². The van der Waals surface area contributed by atoms with Gasteiger partial charge < -0.3 is 10.1 Å². The summed E-state index contributed by atoms with van der Waals surface area (Å²) in [6, 6.07) is 4.90. The van der Waals surface area contributed by atoms with Crippen LogP contribution in [-0.4, -0.2) is 24.2 Å². The Labute approximate surface area is 120 Å². The highest BCUT2D eigenvalue weighted by atomic mass is 32.2. The molecule has 0 bridgehead atoms. The average Bonchev–Trinajstić information content (AvgIpc) is 2.31. The van der Waals surface area contributed by atoms with E-state index in [0.29, 0.717) is 18.9 Å². The summed E-state index contributed by atoms with van der Waals surface area (Å²) >= 11 is 1.79. The molecule has 0 spiro atoms. The minimum absolute atomic E-state index is 0.0195. The van der Waals surface area contributed by atoms with Gasteiger partial charge in [0.05, 0.1) is 6.61 Å². The van der Waals surface area contributed by atoms with Crippen LogP contribution in [0, 0.1) is 5.82 Å². The molecule has 0 saturated carbocycles. The highest BCUT2D eigenvalue weighted by Crippen LogP contribution is 2.17. The van der Waals surface area contributed by atoms with Crippen molar-refractivity contribution in [3.63, 3.8) is 0 Å². The molecule has 4 heteroatoms. The van der Waals surface area contributed by atoms with Crippen molar-refractivity contribution in [2.24, 2.45) is 0 Å². The van der Waals surface area contributed by atoms with Gasteiger partial charge in [-0.3, -0.25) is 0 Å². The summed E-state index contributed by atoms with van der Waals surface area (Å²) in [6.07, 6.45) is 3.05. The topological polar surface area (TPSA) is 21.3 Å². The average molecular weight is 285 g/mol. The van der Waals surface area contributed by atoms with E-state index in [1.54, 1.807) is 17.8 Å². The van der Waals surface area contributed by atoms with Crippen LogP contribution in [0.2, 0.25) is 0 Å². The van der Waals surface area contributed by atoms with Gasteiger partial charge in [0.2, 0.25) is 0 Å². The lowest BCUT2D eigenvalue weighted by Crippen LogP contribution is -2.35. The molecule has 1 rings (SSSR count). The largest absolute Gasteiger partial charge is 0.493 e. The molecule has 0 amide bonds. The molecule has 0 radical (unpaired) electrons. The molecule has 2 nitrogen and oxygen atoms in total. The molecule has 0 saturated heterocycles. The van der Waals surface area contributed by atoms with Gasteiger partial charge in [0.15, 0.2) is 0 Å². The molecular weight excluding hydrogens is 261 g/mol. The maximum Gasteiger partial charge on any atom is 0.127 e. The van der Waals surface area contributed by atoms with Gasteiger partial charge in [-0.2, -0.15) is 11.8 Å². The van der Waals surface area contributed by atoms with Crippen molar-refractivity contribution in [1.82, 2.24) is 5.32 Å². The summed E-state index contributed by atoms with van der Waals surface area (Å²) in [5.41, 5.74) is 0.931. The number of thioether (sulfide) groups is 1. The van der Waals surface area contributed by atoms with E-state index in [0.717, 1.165) is 17.7 Å². The van der Waals surface area contributed by atoms with Crippen molar-refractivity contribution in [3.05, 3.63) is 29.6 Å². The molecule has 0 aromatic heterocycles. The van der Waals surface area contributed by atoms with Gasteiger partial charge in [-0.15, -0.1) is 0 Å². The number of hydrogen-bond donors (Lipinski definition) is 1. The second-order valence-electron chi connectivity index (χ2n) is 5.59. The zero-order valence-electron chi connectivity index (χ0n) is 12.3. The van der Waals surface area contributed by atoms with Gasteiger partial charge in [-0.25, -0.2) is 4.39 Å². The summed E-state index contributed by atoms with van der Waals surface area (Å²) in [5.74, 6) is 1.44. The van der Waals surface area contributed by atoms with Crippen molar-refractivity contribution in [2.75, 3.05) is 18.6 Å². The summed E-state index contributed by atoms with van der Waals surface area (Å²) < 4.78 is 19.1.